The quantitative estimate of drug-likeness (QED) is 0.260. The number of halogens is 3. The molecule has 15 heteroatoms. The Morgan fingerprint density at radius 2 is 1.89 bits per heavy atom. The molecule has 6 rings (SSSR count). The lowest BCUT2D eigenvalue weighted by molar-refractivity contribution is -0.138. The molecule has 0 unspecified atom stereocenters. The molecular formula is C32H36F3N9O3. The number of carbonyl (C=O) groups excluding carboxylic acids is 2. The summed E-state index contributed by atoms with van der Waals surface area (Å²) in [4.78, 5) is 47.0. The number of benzene rings is 1. The molecule has 0 saturated carbocycles. The van der Waals surface area contributed by atoms with E-state index in [-0.39, 0.29) is 42.0 Å². The summed E-state index contributed by atoms with van der Waals surface area (Å²) >= 11 is 0. The number of rotatable bonds is 7. The minimum atomic E-state index is -4.57. The topological polar surface area (TPSA) is 132 Å². The number of nitrogens with zero attached hydrogens (tertiary/aromatic N) is 6. The van der Waals surface area contributed by atoms with Crippen LogP contribution in [0.3, 0.4) is 0 Å². The van der Waals surface area contributed by atoms with Gasteiger partial charge in [0.15, 0.2) is 0 Å². The molecule has 47 heavy (non-hydrogen) atoms. The fraction of sp³-hybridized carbons (Fsp3) is 0.406. The van der Waals surface area contributed by atoms with Crippen LogP contribution in [0.5, 0.6) is 11.6 Å². The Labute approximate surface area is 269 Å². The van der Waals surface area contributed by atoms with Crippen molar-refractivity contribution in [3.05, 3.63) is 70.9 Å². The van der Waals surface area contributed by atoms with Crippen molar-refractivity contribution < 1.29 is 27.5 Å². The number of alkyl halides is 3. The number of nitrogens with one attached hydrogen (secondary N) is 3. The van der Waals surface area contributed by atoms with E-state index in [1.807, 2.05) is 11.8 Å². The molecule has 0 spiro atoms. The van der Waals surface area contributed by atoms with E-state index in [2.05, 4.69) is 30.6 Å². The van der Waals surface area contributed by atoms with E-state index >= 15 is 0 Å². The molecule has 1 fully saturated rings. The van der Waals surface area contributed by atoms with Crippen LogP contribution >= 0.6 is 0 Å². The Morgan fingerprint density at radius 1 is 1.11 bits per heavy atom. The molecular weight excluding hydrogens is 615 g/mol. The minimum Gasteiger partial charge on any atom is -0.437 e. The average molecular weight is 652 g/mol. The predicted molar refractivity (Wildman–Crippen MR) is 168 cm³/mol. The molecule has 3 N–H and O–H groups in total. The van der Waals surface area contributed by atoms with Crippen LogP contribution in [0.15, 0.2) is 42.9 Å². The lowest BCUT2D eigenvalue weighted by Gasteiger charge is -2.33. The lowest BCUT2D eigenvalue weighted by Crippen LogP contribution is -2.43. The van der Waals surface area contributed by atoms with Crippen LogP contribution in [-0.2, 0) is 19.3 Å². The van der Waals surface area contributed by atoms with E-state index in [4.69, 9.17) is 4.74 Å². The number of carbonyl (C=O) groups is 2. The van der Waals surface area contributed by atoms with Crippen LogP contribution in [0.2, 0.25) is 0 Å². The largest absolute Gasteiger partial charge is 0.437 e. The van der Waals surface area contributed by atoms with Crippen molar-refractivity contribution in [2.75, 3.05) is 52.1 Å². The van der Waals surface area contributed by atoms with E-state index in [1.165, 1.54) is 23.4 Å². The molecule has 12 nitrogen and oxygen atoms in total. The van der Waals surface area contributed by atoms with Crippen LogP contribution in [0.25, 0.3) is 11.0 Å². The van der Waals surface area contributed by atoms with E-state index < -0.39 is 17.8 Å². The predicted octanol–water partition coefficient (Wildman–Crippen LogP) is 4.81. The first-order valence-electron chi connectivity index (χ1n) is 15.4. The van der Waals surface area contributed by atoms with Gasteiger partial charge in [0.1, 0.15) is 23.4 Å². The molecule has 1 saturated heterocycles. The summed E-state index contributed by atoms with van der Waals surface area (Å²) in [7, 11) is 3.29. The van der Waals surface area contributed by atoms with Crippen molar-refractivity contribution in [3.8, 4) is 11.6 Å². The van der Waals surface area contributed by atoms with Crippen molar-refractivity contribution in [2.45, 2.75) is 38.5 Å². The van der Waals surface area contributed by atoms with Gasteiger partial charge < -0.3 is 30.2 Å². The van der Waals surface area contributed by atoms with Crippen LogP contribution in [0, 0.1) is 0 Å². The number of ether oxygens (including phenoxy) is 1. The van der Waals surface area contributed by atoms with Gasteiger partial charge in [-0.2, -0.15) is 13.2 Å². The van der Waals surface area contributed by atoms with Gasteiger partial charge in [-0.25, -0.2) is 14.8 Å². The summed E-state index contributed by atoms with van der Waals surface area (Å²) in [5.74, 6) is 0.288. The van der Waals surface area contributed by atoms with Crippen molar-refractivity contribution in [1.82, 2.24) is 40.0 Å². The smallest absolute Gasteiger partial charge is 0.416 e. The van der Waals surface area contributed by atoms with Gasteiger partial charge in [0.05, 0.1) is 22.8 Å². The van der Waals surface area contributed by atoms with Crippen molar-refractivity contribution in [3.63, 3.8) is 0 Å². The third-order valence-corrected chi connectivity index (χ3v) is 8.46. The summed E-state index contributed by atoms with van der Waals surface area (Å²) < 4.78 is 48.4. The third-order valence-electron chi connectivity index (χ3n) is 8.46. The molecule has 248 valence electrons. The minimum absolute atomic E-state index is 0.0758. The summed E-state index contributed by atoms with van der Waals surface area (Å²) in [6, 6.07) is 6.88. The zero-order valence-electron chi connectivity index (χ0n) is 26.3. The van der Waals surface area contributed by atoms with E-state index in [1.54, 1.807) is 37.3 Å². The molecule has 4 aromatic rings. The van der Waals surface area contributed by atoms with Crippen LogP contribution < -0.4 is 15.4 Å². The van der Waals surface area contributed by atoms with Crippen LogP contribution in [-0.4, -0.2) is 93.4 Å². The Bertz CT molecular complexity index is 1790. The summed E-state index contributed by atoms with van der Waals surface area (Å²) in [6.45, 7) is 5.51. The van der Waals surface area contributed by atoms with Crippen molar-refractivity contribution in [1.29, 1.82) is 0 Å². The fourth-order valence-corrected chi connectivity index (χ4v) is 5.98. The fourth-order valence-electron chi connectivity index (χ4n) is 5.98. The first-order chi connectivity index (χ1) is 22.5. The average Bonchev–Trinajstić information content (AvgIpc) is 3.50. The first-order valence-corrected chi connectivity index (χ1v) is 15.4. The highest BCUT2D eigenvalue weighted by molar-refractivity contribution is 5.98. The number of H-pyrrole nitrogens is 1. The monoisotopic (exact) mass is 651 g/mol. The highest BCUT2D eigenvalue weighted by atomic mass is 19.4. The lowest BCUT2D eigenvalue weighted by atomic mass is 9.92. The molecule has 3 amide bonds. The number of aromatic amines is 1. The third kappa shape index (κ3) is 7.00. The zero-order valence-corrected chi connectivity index (χ0v) is 26.3. The summed E-state index contributed by atoms with van der Waals surface area (Å²) in [5, 5.41) is 6.40. The molecule has 2 aliphatic heterocycles. The molecule has 2 aliphatic rings. The van der Waals surface area contributed by atoms with Gasteiger partial charge in [-0.15, -0.1) is 0 Å². The van der Waals surface area contributed by atoms with E-state index in [9.17, 15) is 22.8 Å². The number of aromatic nitrogens is 4. The van der Waals surface area contributed by atoms with Gasteiger partial charge in [0.25, 0.3) is 5.91 Å². The van der Waals surface area contributed by atoms with E-state index in [0.717, 1.165) is 30.4 Å². The van der Waals surface area contributed by atoms with Gasteiger partial charge in [-0.05, 0) is 41.8 Å². The van der Waals surface area contributed by atoms with Gasteiger partial charge >= 0.3 is 12.2 Å². The Balaban J connectivity index is 1.20. The maximum atomic E-state index is 14.1. The van der Waals surface area contributed by atoms with Crippen LogP contribution in [0.4, 0.5) is 23.7 Å². The Kier molecular flexibility index (Phi) is 9.01. The Hall–Kier alpha value is -4.76. The number of anilines is 1. The second-order valence-corrected chi connectivity index (χ2v) is 12.0. The first kappa shape index (κ1) is 32.2. The van der Waals surface area contributed by atoms with E-state index in [0.29, 0.717) is 48.5 Å². The number of hydrogen-bond donors (Lipinski definition) is 3. The molecule has 0 radical (unpaired) electrons. The molecule has 0 aliphatic carbocycles. The van der Waals surface area contributed by atoms with Gasteiger partial charge in [-0.1, -0.05) is 13.0 Å². The molecule has 0 bridgehead atoms. The summed E-state index contributed by atoms with van der Waals surface area (Å²) in [5.41, 5.74) is 1.85. The normalized spacial score (nSPS) is 17.0. The number of hydrogen-bond acceptors (Lipinski definition) is 8. The highest BCUT2D eigenvalue weighted by Crippen LogP contribution is 2.36. The number of fused-ring (bicyclic) bond motifs is 2. The van der Waals surface area contributed by atoms with Gasteiger partial charge in [-0.3, -0.25) is 14.7 Å². The van der Waals surface area contributed by atoms with Gasteiger partial charge in [0.2, 0.25) is 5.88 Å². The second kappa shape index (κ2) is 13.2. The molecule has 5 heterocycles. The molecule has 1 aromatic carbocycles. The Morgan fingerprint density at radius 3 is 2.62 bits per heavy atom. The second-order valence-electron chi connectivity index (χ2n) is 12.0. The van der Waals surface area contributed by atoms with Gasteiger partial charge in [0, 0.05) is 71.5 Å². The maximum Gasteiger partial charge on any atom is 0.416 e. The number of amides is 3. The SMILES string of the molecule is CC[C@H]1CN(C(=O)Nc2ccc(CN3CCNCC3)c(C(F)(F)F)c2)Cc2cc(Oc3ncnc4[nH]c(C(=O)N(C)C)cc34)cnc21. The maximum absolute atomic E-state index is 14.1. The zero-order chi connectivity index (χ0) is 33.3. The molecule has 3 aromatic heterocycles. The highest BCUT2D eigenvalue weighted by Gasteiger charge is 2.35. The number of urea groups is 1. The van der Waals surface area contributed by atoms with Crippen molar-refractivity contribution >= 4 is 28.7 Å². The molecule has 1 atom stereocenters. The standard InChI is InChI=1S/C32H36F3N9O3/c1-4-19-16-44(31(46)40-22-6-5-20(25(12-22)32(33,34)35)15-43-9-7-36-8-10-43)17-21-11-23(14-37-27(19)21)47-29-24-13-26(30(45)42(2)3)41-28(24)38-18-39-29/h5-6,11-14,18-19,36H,4,7-10,15-17H2,1-3H3,(H,40,46)(H,38,39,41)/t19-/m0/s1. The van der Waals surface area contributed by atoms with Crippen molar-refractivity contribution in [2.24, 2.45) is 0 Å². The summed E-state index contributed by atoms with van der Waals surface area (Å²) in [6.07, 6.45) is -0.959. The van der Waals surface area contributed by atoms with Crippen LogP contribution in [0.1, 0.15) is 52.1 Å². The number of piperazine rings is 1. The number of pyridine rings is 1.